The van der Waals surface area contributed by atoms with Crippen molar-refractivity contribution in [3.63, 3.8) is 0 Å². The van der Waals surface area contributed by atoms with Gasteiger partial charge in [0.2, 0.25) is 0 Å². The van der Waals surface area contributed by atoms with E-state index in [9.17, 15) is 19.2 Å². The molecule has 0 aliphatic carbocycles. The van der Waals surface area contributed by atoms with Gasteiger partial charge in [0.15, 0.2) is 0 Å². The molecule has 0 N–H and O–H groups in total. The second kappa shape index (κ2) is 10.5. The Hall–Kier alpha value is -0.641. The van der Waals surface area contributed by atoms with Crippen molar-refractivity contribution in [2.45, 2.75) is 57.1 Å². The molecule has 0 saturated carbocycles. The van der Waals surface area contributed by atoms with Crippen LogP contribution in [0.15, 0.2) is 0 Å². The van der Waals surface area contributed by atoms with E-state index >= 15 is 0 Å². The first kappa shape index (κ1) is 22.4. The first-order chi connectivity index (χ1) is 11.6. The Morgan fingerprint density at radius 3 is 1.76 bits per heavy atom. The first-order valence-electron chi connectivity index (χ1n) is 7.49. The topological polar surface area (TPSA) is 114 Å². The van der Waals surface area contributed by atoms with Gasteiger partial charge < -0.3 is 0 Å². The maximum absolute atomic E-state index is 11.5. The number of hydrogen-bond donors (Lipinski definition) is 0. The van der Waals surface area contributed by atoms with Crippen LogP contribution in [0.3, 0.4) is 0 Å². The van der Waals surface area contributed by atoms with Gasteiger partial charge in [-0.2, -0.15) is 0 Å². The Morgan fingerprint density at radius 1 is 0.840 bits per heavy atom. The fourth-order valence-electron chi connectivity index (χ4n) is 2.38. The molecule has 1 heterocycles. The summed E-state index contributed by atoms with van der Waals surface area (Å²) < 4.78 is 26.7. The van der Waals surface area contributed by atoms with E-state index in [-0.39, 0.29) is 17.1 Å². The van der Waals surface area contributed by atoms with E-state index in [0.29, 0.717) is 0 Å². The fourth-order valence-corrected chi connectivity index (χ4v) is 5.89. The molecule has 5 atom stereocenters. The van der Waals surface area contributed by atoms with Crippen LogP contribution in [0.1, 0.15) is 27.7 Å². The Morgan fingerprint density at radius 2 is 1.32 bits per heavy atom. The first-order valence-corrected chi connectivity index (χ1v) is 14.4. The zero-order chi connectivity index (χ0) is 19.1. The molecule has 0 unspecified atom stereocenters. The quantitative estimate of drug-likeness (QED) is 0.291. The van der Waals surface area contributed by atoms with Gasteiger partial charge in [-0.15, -0.1) is 0 Å². The molecule has 0 amide bonds. The zero-order valence-electron chi connectivity index (χ0n) is 14.7. The fraction of sp³-hybridized carbons (Fsp3) is 0.714. The minimum absolute atomic E-state index is 0.0197. The van der Waals surface area contributed by atoms with Gasteiger partial charge in [0, 0.05) is 0 Å². The maximum atomic E-state index is 11.5. The SMILES string of the molecule is CC(=O)OC[C@H]1O[C@@H]([Se][Na])[C@H](OC(C)=O)[C@@H](OC(C)=O)[C@@H]1OC(C)=O. The average Bonchev–Trinajstić information content (AvgIpc) is 2.48. The van der Waals surface area contributed by atoms with Gasteiger partial charge in [0.25, 0.3) is 0 Å². The third-order valence-corrected chi connectivity index (χ3v) is 7.37. The van der Waals surface area contributed by atoms with Crippen molar-refractivity contribution in [2.75, 3.05) is 6.61 Å². The summed E-state index contributed by atoms with van der Waals surface area (Å²) >= 11 is 0.782. The molecule has 1 saturated heterocycles. The number of esters is 4. The van der Waals surface area contributed by atoms with E-state index in [1.54, 1.807) is 0 Å². The number of carbonyl (C=O) groups excluding carboxylic acids is 4. The van der Waals surface area contributed by atoms with E-state index in [1.807, 2.05) is 0 Å². The number of hydrogen-bond acceptors (Lipinski definition) is 9. The summed E-state index contributed by atoms with van der Waals surface area (Å²) in [7, 11) is -0.0197. The molecule has 136 valence electrons. The molecule has 25 heavy (non-hydrogen) atoms. The van der Waals surface area contributed by atoms with Crippen LogP contribution >= 0.6 is 0 Å². The van der Waals surface area contributed by atoms with Crippen molar-refractivity contribution in [1.29, 1.82) is 0 Å². The van der Waals surface area contributed by atoms with Crippen LogP contribution in [-0.2, 0) is 42.9 Å². The van der Waals surface area contributed by atoms with E-state index in [2.05, 4.69) is 0 Å². The number of rotatable bonds is 6. The summed E-state index contributed by atoms with van der Waals surface area (Å²) in [6, 6.07) is 0. The summed E-state index contributed by atoms with van der Waals surface area (Å²) in [4.78, 5) is 45.6. The van der Waals surface area contributed by atoms with E-state index < -0.39 is 53.3 Å². The molecule has 0 spiro atoms. The second-order valence-corrected chi connectivity index (χ2v) is 9.72. The molecule has 0 aromatic rings. The third kappa shape index (κ3) is 7.24. The van der Waals surface area contributed by atoms with Crippen LogP contribution in [-0.4, -0.2) is 95.8 Å². The van der Waals surface area contributed by atoms with Crippen molar-refractivity contribution < 1.29 is 42.9 Å². The van der Waals surface area contributed by atoms with Crippen LogP contribution in [0.2, 0.25) is 0 Å². The van der Waals surface area contributed by atoms with Gasteiger partial charge >= 0.3 is 166 Å². The van der Waals surface area contributed by atoms with Gasteiger partial charge in [0.1, 0.15) is 0 Å². The third-order valence-electron chi connectivity index (χ3n) is 3.18. The predicted octanol–water partition coefficient (Wildman–Crippen LogP) is -1.14. The molecule has 1 aliphatic rings. The number of ether oxygens (including phenoxy) is 5. The average molecular weight is 433 g/mol. The Bertz CT molecular complexity index is 526. The van der Waals surface area contributed by atoms with E-state index in [0.717, 1.165) is 25.4 Å². The Labute approximate surface area is 165 Å². The molecule has 1 fully saturated rings. The normalized spacial score (nSPS) is 28.6. The minimum atomic E-state index is -1.06. The van der Waals surface area contributed by atoms with Gasteiger partial charge in [-0.25, -0.2) is 0 Å². The summed E-state index contributed by atoms with van der Waals surface area (Å²) in [5.41, 5.74) is 0. The molecular weight excluding hydrogens is 414 g/mol. The van der Waals surface area contributed by atoms with Crippen LogP contribution in [0.5, 0.6) is 0 Å². The van der Waals surface area contributed by atoms with Crippen molar-refractivity contribution >= 4 is 59.8 Å². The van der Waals surface area contributed by atoms with Gasteiger partial charge in [-0.05, 0) is 0 Å². The monoisotopic (exact) mass is 434 g/mol. The summed E-state index contributed by atoms with van der Waals surface area (Å²) in [5.74, 6) is -2.34. The number of carbonyl (C=O) groups is 4. The Balaban J connectivity index is 3.18. The summed E-state index contributed by atoms with van der Waals surface area (Å²) in [6.45, 7) is 4.69. The van der Waals surface area contributed by atoms with Gasteiger partial charge in [-0.1, -0.05) is 0 Å². The van der Waals surface area contributed by atoms with E-state index in [4.69, 9.17) is 23.7 Å². The van der Waals surface area contributed by atoms with Crippen molar-refractivity contribution in [2.24, 2.45) is 0 Å². The molecule has 1 rings (SSSR count). The predicted molar refractivity (Wildman–Crippen MR) is 83.5 cm³/mol. The molecule has 9 nitrogen and oxygen atoms in total. The van der Waals surface area contributed by atoms with Crippen molar-refractivity contribution in [1.82, 2.24) is 0 Å². The molecular formula is C14H19NaO9Se. The molecule has 0 aromatic heterocycles. The second-order valence-electron chi connectivity index (χ2n) is 5.30. The molecule has 0 radical (unpaired) electrons. The summed E-state index contributed by atoms with van der Waals surface area (Å²) in [5, 5.41) is -0.500. The molecule has 1 aliphatic heterocycles. The van der Waals surface area contributed by atoms with Crippen LogP contribution in [0.4, 0.5) is 0 Å². The standard InChI is InChI=1S/C14H20O9Se.Na/c1-6(15)19-5-10-11(20-7(2)16)12(21-8(3)17)13(14(24)23-10)22-9(4)18;/h10-14,24H,5H2,1-4H3;/q;+1/p-1/t10-,11-,12+,13-,14+;/m1./s1. The Kier molecular flexibility index (Phi) is 9.40. The molecule has 0 aromatic carbocycles. The van der Waals surface area contributed by atoms with Gasteiger partial charge in [0.05, 0.1) is 0 Å². The van der Waals surface area contributed by atoms with Crippen LogP contribution in [0, 0.1) is 0 Å². The zero-order valence-corrected chi connectivity index (χ0v) is 18.4. The van der Waals surface area contributed by atoms with Crippen LogP contribution in [0.25, 0.3) is 0 Å². The van der Waals surface area contributed by atoms with E-state index in [1.165, 1.54) is 27.7 Å². The molecule has 11 heteroatoms. The van der Waals surface area contributed by atoms with Crippen LogP contribution < -0.4 is 0 Å². The summed E-state index contributed by atoms with van der Waals surface area (Å²) in [6.07, 6.45) is -3.83. The van der Waals surface area contributed by atoms with Gasteiger partial charge in [-0.3, -0.25) is 0 Å². The van der Waals surface area contributed by atoms with Crippen molar-refractivity contribution in [3.8, 4) is 0 Å². The molecule has 0 bridgehead atoms. The van der Waals surface area contributed by atoms with Crippen molar-refractivity contribution in [3.05, 3.63) is 0 Å².